The molecule has 0 radical (unpaired) electrons. The molecule has 0 spiro atoms. The normalized spacial score (nSPS) is 10.5. The van der Waals surface area contributed by atoms with Crippen LogP contribution in [0.1, 0.15) is 5.69 Å². The van der Waals surface area contributed by atoms with Gasteiger partial charge in [-0.3, -0.25) is 0 Å². The second kappa shape index (κ2) is 2.68. The molecule has 2 heterocycles. The van der Waals surface area contributed by atoms with Crippen LogP contribution in [0.15, 0.2) is 18.3 Å². The van der Waals surface area contributed by atoms with E-state index < -0.39 is 0 Å². The van der Waals surface area contributed by atoms with Crippen LogP contribution < -0.4 is 0 Å². The summed E-state index contributed by atoms with van der Waals surface area (Å²) in [6, 6.07) is 3.52. The fraction of sp³-hybridized carbons (Fsp3) is 0.125. The smallest absolute Gasteiger partial charge is 0.179 e. The molecule has 0 aliphatic carbocycles. The van der Waals surface area contributed by atoms with E-state index >= 15 is 0 Å². The molecule has 0 fully saturated rings. The quantitative estimate of drug-likeness (QED) is 0.581. The zero-order valence-corrected chi connectivity index (χ0v) is 7.21. The minimum Gasteiger partial charge on any atom is -0.248 e. The summed E-state index contributed by atoms with van der Waals surface area (Å²) in [7, 11) is 0. The third kappa shape index (κ3) is 1.23. The monoisotopic (exact) mass is 179 g/mol. The molecule has 2 aromatic heterocycles. The maximum absolute atomic E-state index is 5.68. The van der Waals surface area contributed by atoms with Gasteiger partial charge in [0.1, 0.15) is 10.7 Å². The molecule has 0 aliphatic rings. The van der Waals surface area contributed by atoms with E-state index in [4.69, 9.17) is 11.6 Å². The van der Waals surface area contributed by atoms with Gasteiger partial charge in [0.05, 0.1) is 11.9 Å². The highest BCUT2D eigenvalue weighted by molar-refractivity contribution is 6.29. The van der Waals surface area contributed by atoms with Gasteiger partial charge in [0.2, 0.25) is 0 Å². The predicted molar refractivity (Wildman–Crippen MR) is 47.1 cm³/mol. The second-order valence-corrected chi connectivity index (χ2v) is 2.88. The number of hydrogen-bond donors (Lipinski definition) is 0. The number of halogens is 1. The molecule has 0 unspecified atom stereocenters. The summed E-state index contributed by atoms with van der Waals surface area (Å²) in [6.07, 6.45) is 1.67. The Hall–Kier alpha value is -1.22. The van der Waals surface area contributed by atoms with Gasteiger partial charge in [0.25, 0.3) is 0 Å². The van der Waals surface area contributed by atoms with E-state index in [1.165, 1.54) is 0 Å². The first-order valence-electron chi connectivity index (χ1n) is 3.51. The van der Waals surface area contributed by atoms with E-state index in [0.29, 0.717) is 10.8 Å². The average Bonchev–Trinajstić information content (AvgIpc) is 2.05. The second-order valence-electron chi connectivity index (χ2n) is 2.49. The van der Waals surface area contributed by atoms with Crippen LogP contribution >= 0.6 is 11.6 Å². The minimum absolute atomic E-state index is 0.445. The van der Waals surface area contributed by atoms with E-state index in [-0.39, 0.29) is 0 Å². The summed E-state index contributed by atoms with van der Waals surface area (Å²) in [6.45, 7) is 1.89. The number of hydrogen-bond acceptors (Lipinski definition) is 3. The Balaban J connectivity index is 2.79. The molecule has 2 rings (SSSR count). The Morgan fingerprint density at radius 2 is 2.08 bits per heavy atom. The third-order valence-corrected chi connectivity index (χ3v) is 1.70. The molecule has 0 aliphatic heterocycles. The Labute approximate surface area is 74.4 Å². The fourth-order valence-electron chi connectivity index (χ4n) is 0.974. The summed E-state index contributed by atoms with van der Waals surface area (Å²) in [5.74, 6) is 0. The first-order valence-corrected chi connectivity index (χ1v) is 3.89. The van der Waals surface area contributed by atoms with Crippen molar-refractivity contribution in [3.8, 4) is 0 Å². The summed E-state index contributed by atoms with van der Waals surface area (Å²) in [4.78, 5) is 12.3. The highest BCUT2D eigenvalue weighted by atomic mass is 35.5. The Kier molecular flexibility index (Phi) is 1.66. The number of pyridine rings is 1. The van der Waals surface area contributed by atoms with Gasteiger partial charge in [-0.25, -0.2) is 15.0 Å². The molecule has 0 N–H and O–H groups in total. The minimum atomic E-state index is 0.445. The Bertz CT molecular complexity index is 386. The van der Waals surface area contributed by atoms with Crippen molar-refractivity contribution in [3.63, 3.8) is 0 Å². The van der Waals surface area contributed by atoms with Crippen molar-refractivity contribution in [1.29, 1.82) is 0 Å². The van der Waals surface area contributed by atoms with Crippen LogP contribution in [0.4, 0.5) is 0 Å². The zero-order chi connectivity index (χ0) is 8.55. The van der Waals surface area contributed by atoms with E-state index in [1.54, 1.807) is 12.3 Å². The van der Waals surface area contributed by atoms with E-state index in [9.17, 15) is 0 Å². The maximum atomic E-state index is 5.68. The fourth-order valence-corrected chi connectivity index (χ4v) is 1.12. The molecule has 0 bridgehead atoms. The summed E-state index contributed by atoms with van der Waals surface area (Å²) < 4.78 is 0. The number of fused-ring (bicyclic) bond motifs is 1. The number of aromatic nitrogens is 3. The van der Waals surface area contributed by atoms with Gasteiger partial charge in [0.15, 0.2) is 5.65 Å². The Morgan fingerprint density at radius 3 is 2.92 bits per heavy atom. The van der Waals surface area contributed by atoms with Crippen molar-refractivity contribution in [2.45, 2.75) is 6.92 Å². The van der Waals surface area contributed by atoms with E-state index in [0.717, 1.165) is 11.2 Å². The molecule has 0 atom stereocenters. The molecule has 3 nitrogen and oxygen atoms in total. The van der Waals surface area contributed by atoms with Crippen LogP contribution in [0.3, 0.4) is 0 Å². The van der Waals surface area contributed by atoms with Crippen LogP contribution in [0.2, 0.25) is 5.15 Å². The van der Waals surface area contributed by atoms with Crippen molar-refractivity contribution in [3.05, 3.63) is 29.2 Å². The zero-order valence-electron chi connectivity index (χ0n) is 6.45. The van der Waals surface area contributed by atoms with Crippen LogP contribution in [0.5, 0.6) is 0 Å². The lowest BCUT2D eigenvalue weighted by molar-refractivity contribution is 1.15. The summed E-state index contributed by atoms with van der Waals surface area (Å²) >= 11 is 5.68. The van der Waals surface area contributed by atoms with Crippen molar-refractivity contribution in [1.82, 2.24) is 15.0 Å². The predicted octanol–water partition coefficient (Wildman–Crippen LogP) is 1.99. The van der Waals surface area contributed by atoms with E-state index in [2.05, 4.69) is 15.0 Å². The van der Waals surface area contributed by atoms with Gasteiger partial charge >= 0.3 is 0 Å². The number of nitrogens with zero attached hydrogens (tertiary/aromatic N) is 3. The maximum Gasteiger partial charge on any atom is 0.179 e. The lowest BCUT2D eigenvalue weighted by Gasteiger charge is -1.96. The lowest BCUT2D eigenvalue weighted by Crippen LogP contribution is -1.89. The molecular weight excluding hydrogens is 174 g/mol. The van der Waals surface area contributed by atoms with Crippen molar-refractivity contribution < 1.29 is 0 Å². The van der Waals surface area contributed by atoms with Gasteiger partial charge in [0, 0.05) is 0 Å². The molecule has 0 aromatic carbocycles. The van der Waals surface area contributed by atoms with Gasteiger partial charge in [-0.1, -0.05) is 11.6 Å². The third-order valence-electron chi connectivity index (χ3n) is 1.49. The molecule has 60 valence electrons. The van der Waals surface area contributed by atoms with Crippen molar-refractivity contribution in [2.75, 3.05) is 0 Å². The standard InChI is InChI=1S/C8H6ClN3/c1-5-4-10-8-6(11-5)2-3-7(9)12-8/h2-4H,1H3. The van der Waals surface area contributed by atoms with Crippen LogP contribution in [-0.2, 0) is 0 Å². The molecular formula is C8H6ClN3. The first kappa shape index (κ1) is 7.43. The topological polar surface area (TPSA) is 38.7 Å². The highest BCUT2D eigenvalue weighted by Gasteiger charge is 1.97. The first-order chi connectivity index (χ1) is 5.75. The number of rotatable bonds is 0. The van der Waals surface area contributed by atoms with Crippen LogP contribution in [0, 0.1) is 6.92 Å². The molecule has 2 aromatic rings. The number of aryl methyl sites for hydroxylation is 1. The molecule has 0 saturated heterocycles. The molecule has 12 heavy (non-hydrogen) atoms. The SMILES string of the molecule is Cc1cnc2nc(Cl)ccc2n1. The van der Waals surface area contributed by atoms with Crippen LogP contribution in [0.25, 0.3) is 11.2 Å². The molecule has 0 saturated carbocycles. The summed E-state index contributed by atoms with van der Waals surface area (Å²) in [5, 5.41) is 0.445. The summed E-state index contributed by atoms with van der Waals surface area (Å²) in [5.41, 5.74) is 2.25. The van der Waals surface area contributed by atoms with Crippen LogP contribution in [-0.4, -0.2) is 15.0 Å². The largest absolute Gasteiger partial charge is 0.248 e. The van der Waals surface area contributed by atoms with Gasteiger partial charge in [-0.15, -0.1) is 0 Å². The van der Waals surface area contributed by atoms with Gasteiger partial charge < -0.3 is 0 Å². The van der Waals surface area contributed by atoms with Gasteiger partial charge in [-0.05, 0) is 19.1 Å². The molecule has 0 amide bonds. The van der Waals surface area contributed by atoms with E-state index in [1.807, 2.05) is 13.0 Å². The van der Waals surface area contributed by atoms with Gasteiger partial charge in [-0.2, -0.15) is 0 Å². The Morgan fingerprint density at radius 1 is 1.25 bits per heavy atom. The van der Waals surface area contributed by atoms with Crippen molar-refractivity contribution in [2.24, 2.45) is 0 Å². The molecule has 4 heteroatoms. The average molecular weight is 180 g/mol. The lowest BCUT2D eigenvalue weighted by atomic mass is 10.4. The van der Waals surface area contributed by atoms with Crippen molar-refractivity contribution >= 4 is 22.8 Å². The highest BCUT2D eigenvalue weighted by Crippen LogP contribution is 2.10.